The Hall–Kier alpha value is -2.33. The number of amides is 1. The first-order valence-corrected chi connectivity index (χ1v) is 11.6. The number of aromatic nitrogens is 2. The molecule has 0 aliphatic heterocycles. The fourth-order valence-electron chi connectivity index (χ4n) is 4.13. The third-order valence-corrected chi connectivity index (χ3v) is 7.35. The summed E-state index contributed by atoms with van der Waals surface area (Å²) in [6, 6.07) is 9.70. The smallest absolute Gasteiger partial charge is 0.262 e. The molecule has 0 radical (unpaired) electrons. The molecule has 1 fully saturated rings. The molecule has 1 saturated carbocycles. The topological polar surface area (TPSA) is 79.0 Å². The highest BCUT2D eigenvalue weighted by Crippen LogP contribution is 2.34. The van der Waals surface area contributed by atoms with Gasteiger partial charge in [0, 0.05) is 13.1 Å². The Kier molecular flexibility index (Phi) is 6.87. The largest absolute Gasteiger partial charge is 0.326 e. The summed E-state index contributed by atoms with van der Waals surface area (Å²) in [5, 5.41) is 10.5. The Morgan fingerprint density at radius 1 is 1.30 bits per heavy atom. The molecule has 1 heterocycles. The minimum atomic E-state index is -0.725. The number of thioether (sulfide) groups is 1. The standard InChI is InChI=1S/C23H30N4O2S/c1-5-16(2)27-21(29)18-11-7-8-12-19(18)25-22(27)30-17(3)20(28)26(4)23(15-24)13-9-6-10-14-23/h7-8,11-12,16-17H,5-6,9-10,13-14H2,1-4H3/t16-,17+/m1/s1. The predicted molar refractivity (Wildman–Crippen MR) is 121 cm³/mol. The normalized spacial score (nSPS) is 17.8. The Labute approximate surface area is 182 Å². The van der Waals surface area contributed by atoms with E-state index in [9.17, 15) is 14.9 Å². The van der Waals surface area contributed by atoms with Crippen molar-refractivity contribution >= 4 is 28.6 Å². The number of hydrogen-bond acceptors (Lipinski definition) is 5. The number of rotatable bonds is 6. The maximum atomic E-state index is 13.2. The molecule has 1 aromatic heterocycles. The van der Waals surface area contributed by atoms with Gasteiger partial charge in [0.15, 0.2) is 5.16 Å². The lowest BCUT2D eigenvalue weighted by molar-refractivity contribution is -0.133. The van der Waals surface area contributed by atoms with E-state index in [4.69, 9.17) is 4.98 Å². The Balaban J connectivity index is 1.94. The van der Waals surface area contributed by atoms with Crippen molar-refractivity contribution in [2.45, 2.75) is 81.3 Å². The molecular formula is C23H30N4O2S. The lowest BCUT2D eigenvalue weighted by atomic mass is 9.81. The molecule has 1 aliphatic carbocycles. The van der Waals surface area contributed by atoms with E-state index < -0.39 is 10.8 Å². The summed E-state index contributed by atoms with van der Waals surface area (Å²) in [4.78, 5) is 32.8. The van der Waals surface area contributed by atoms with Gasteiger partial charge >= 0.3 is 0 Å². The van der Waals surface area contributed by atoms with Crippen LogP contribution < -0.4 is 5.56 Å². The fourth-order valence-corrected chi connectivity index (χ4v) is 5.23. The van der Waals surface area contributed by atoms with E-state index >= 15 is 0 Å². The van der Waals surface area contributed by atoms with Crippen molar-refractivity contribution in [3.05, 3.63) is 34.6 Å². The van der Waals surface area contributed by atoms with Gasteiger partial charge in [-0.15, -0.1) is 0 Å². The number of hydrogen-bond donors (Lipinski definition) is 0. The van der Waals surface area contributed by atoms with Crippen molar-refractivity contribution in [3.8, 4) is 6.07 Å². The van der Waals surface area contributed by atoms with Gasteiger partial charge in [-0.1, -0.05) is 50.1 Å². The van der Waals surface area contributed by atoms with E-state index in [0.29, 0.717) is 16.1 Å². The Bertz CT molecular complexity index is 1020. The summed E-state index contributed by atoms with van der Waals surface area (Å²) >= 11 is 1.30. The van der Waals surface area contributed by atoms with Crippen molar-refractivity contribution in [1.29, 1.82) is 5.26 Å². The summed E-state index contributed by atoms with van der Waals surface area (Å²) < 4.78 is 1.71. The highest BCUT2D eigenvalue weighted by molar-refractivity contribution is 8.00. The van der Waals surface area contributed by atoms with Gasteiger partial charge in [0.1, 0.15) is 5.54 Å². The summed E-state index contributed by atoms with van der Waals surface area (Å²) in [5.41, 5.74) is -0.165. The molecule has 0 saturated heterocycles. The van der Waals surface area contributed by atoms with Crippen LogP contribution in [0.25, 0.3) is 10.9 Å². The highest BCUT2D eigenvalue weighted by Gasteiger charge is 2.40. The first-order chi connectivity index (χ1) is 14.3. The number of fused-ring (bicyclic) bond motifs is 1. The number of benzene rings is 1. The summed E-state index contributed by atoms with van der Waals surface area (Å²) in [6.45, 7) is 5.86. The van der Waals surface area contributed by atoms with E-state index in [0.717, 1.165) is 38.5 Å². The summed E-state index contributed by atoms with van der Waals surface area (Å²) in [7, 11) is 1.74. The number of nitriles is 1. The molecule has 3 rings (SSSR count). The molecular weight excluding hydrogens is 396 g/mol. The van der Waals surface area contributed by atoms with E-state index in [2.05, 4.69) is 6.07 Å². The summed E-state index contributed by atoms with van der Waals surface area (Å²) in [6.07, 6.45) is 5.26. The fraction of sp³-hybridized carbons (Fsp3) is 0.565. The average Bonchev–Trinajstić information content (AvgIpc) is 2.78. The minimum absolute atomic E-state index is 0.0269. The van der Waals surface area contributed by atoms with Crippen LogP contribution >= 0.6 is 11.8 Å². The van der Waals surface area contributed by atoms with Crippen LogP contribution in [0.2, 0.25) is 0 Å². The van der Waals surface area contributed by atoms with Crippen molar-refractivity contribution < 1.29 is 4.79 Å². The quantitative estimate of drug-likeness (QED) is 0.501. The van der Waals surface area contributed by atoms with Gasteiger partial charge in [0.05, 0.1) is 22.2 Å². The SMILES string of the molecule is CC[C@@H](C)n1c(S[C@@H](C)C(=O)N(C)C2(C#N)CCCCC2)nc2ccccc2c1=O. The average molecular weight is 427 g/mol. The molecule has 1 amide bonds. The molecule has 0 N–H and O–H groups in total. The molecule has 0 spiro atoms. The number of para-hydroxylation sites is 1. The molecule has 0 bridgehead atoms. The van der Waals surface area contributed by atoms with E-state index in [1.165, 1.54) is 11.8 Å². The Morgan fingerprint density at radius 2 is 1.97 bits per heavy atom. The van der Waals surface area contributed by atoms with Crippen LogP contribution in [0.4, 0.5) is 0 Å². The van der Waals surface area contributed by atoms with Crippen molar-refractivity contribution in [2.75, 3.05) is 7.05 Å². The van der Waals surface area contributed by atoms with Gasteiger partial charge in [0.2, 0.25) is 5.91 Å². The molecule has 160 valence electrons. The zero-order valence-electron chi connectivity index (χ0n) is 18.2. The molecule has 0 unspecified atom stereocenters. The third-order valence-electron chi connectivity index (χ3n) is 6.30. The maximum absolute atomic E-state index is 13.2. The first-order valence-electron chi connectivity index (χ1n) is 10.7. The van der Waals surface area contributed by atoms with Crippen LogP contribution in [-0.4, -0.2) is 38.2 Å². The molecule has 30 heavy (non-hydrogen) atoms. The van der Waals surface area contributed by atoms with Crippen molar-refractivity contribution in [3.63, 3.8) is 0 Å². The lowest BCUT2D eigenvalue weighted by Gasteiger charge is -2.40. The van der Waals surface area contributed by atoms with E-state index in [-0.39, 0.29) is 17.5 Å². The van der Waals surface area contributed by atoms with Crippen molar-refractivity contribution in [2.24, 2.45) is 0 Å². The molecule has 7 heteroatoms. The first kappa shape index (κ1) is 22.4. The maximum Gasteiger partial charge on any atom is 0.262 e. The van der Waals surface area contributed by atoms with Gasteiger partial charge in [-0.3, -0.25) is 14.2 Å². The van der Waals surface area contributed by atoms with Crippen molar-refractivity contribution in [1.82, 2.24) is 14.5 Å². The molecule has 2 atom stereocenters. The van der Waals surface area contributed by atoms with Gasteiger partial charge in [0.25, 0.3) is 5.56 Å². The number of carbonyl (C=O) groups excluding carboxylic acids is 1. The molecule has 1 aliphatic rings. The minimum Gasteiger partial charge on any atom is -0.326 e. The van der Waals surface area contributed by atoms with Crippen LogP contribution in [0.15, 0.2) is 34.2 Å². The van der Waals surface area contributed by atoms with Crippen LogP contribution in [0, 0.1) is 11.3 Å². The summed E-state index contributed by atoms with van der Waals surface area (Å²) in [5.74, 6) is -0.0958. The van der Waals surface area contributed by atoms with Gasteiger partial charge < -0.3 is 4.90 Å². The van der Waals surface area contributed by atoms with Crippen LogP contribution in [0.3, 0.4) is 0 Å². The van der Waals surface area contributed by atoms with Gasteiger partial charge in [-0.25, -0.2) is 4.98 Å². The van der Waals surface area contributed by atoms with Crippen LogP contribution in [0.1, 0.15) is 65.3 Å². The molecule has 6 nitrogen and oxygen atoms in total. The molecule has 2 aromatic rings. The Morgan fingerprint density at radius 3 is 2.60 bits per heavy atom. The third kappa shape index (κ3) is 4.11. The number of nitrogens with zero attached hydrogens (tertiary/aromatic N) is 4. The predicted octanol–water partition coefficient (Wildman–Crippen LogP) is 4.53. The zero-order chi connectivity index (χ0) is 21.9. The second-order valence-electron chi connectivity index (χ2n) is 8.21. The highest BCUT2D eigenvalue weighted by atomic mass is 32.2. The van der Waals surface area contributed by atoms with Gasteiger partial charge in [-0.05, 0) is 45.2 Å². The zero-order valence-corrected chi connectivity index (χ0v) is 19.0. The van der Waals surface area contributed by atoms with E-state index in [1.807, 2.05) is 39.0 Å². The lowest BCUT2D eigenvalue weighted by Crippen LogP contribution is -2.52. The van der Waals surface area contributed by atoms with Crippen LogP contribution in [-0.2, 0) is 4.79 Å². The van der Waals surface area contributed by atoms with Crippen LogP contribution in [0.5, 0.6) is 0 Å². The second-order valence-corrected chi connectivity index (χ2v) is 9.51. The second kappa shape index (κ2) is 9.22. The molecule has 1 aromatic carbocycles. The van der Waals surface area contributed by atoms with E-state index in [1.54, 1.807) is 22.6 Å². The monoisotopic (exact) mass is 426 g/mol. The van der Waals surface area contributed by atoms with Gasteiger partial charge in [-0.2, -0.15) is 5.26 Å². The number of carbonyl (C=O) groups is 1.